The minimum Gasteiger partial charge on any atom is -0.503 e. The summed E-state index contributed by atoms with van der Waals surface area (Å²) < 4.78 is 0. The number of carbonyl (C=O) groups excluding carboxylic acids is 2. The van der Waals surface area contributed by atoms with Crippen molar-refractivity contribution in [2.75, 3.05) is 4.90 Å². The molecule has 0 aliphatic carbocycles. The number of Topliss-reactive ketones (excluding diaryl/α,β-unsaturated/α-hetero) is 1. The monoisotopic (exact) mass is 417 g/mol. The van der Waals surface area contributed by atoms with Gasteiger partial charge in [0.1, 0.15) is 0 Å². The lowest BCUT2D eigenvalue weighted by Gasteiger charge is -2.27. The van der Waals surface area contributed by atoms with Crippen LogP contribution >= 0.6 is 23.2 Å². The van der Waals surface area contributed by atoms with Crippen molar-refractivity contribution in [1.82, 2.24) is 0 Å². The molecule has 2 aromatic carbocycles. The lowest BCUT2D eigenvalue weighted by molar-refractivity contribution is -0.118. The Hall–Kier alpha value is -2.30. The van der Waals surface area contributed by atoms with Gasteiger partial charge in [-0.15, -0.1) is 0 Å². The summed E-state index contributed by atoms with van der Waals surface area (Å²) in [5, 5.41) is 11.3. The van der Waals surface area contributed by atoms with Crippen LogP contribution in [0.5, 0.6) is 0 Å². The minimum absolute atomic E-state index is 0.0887. The van der Waals surface area contributed by atoms with Crippen LogP contribution in [0.15, 0.2) is 53.8 Å². The molecule has 1 N–H and O–H groups in total. The van der Waals surface area contributed by atoms with Crippen molar-refractivity contribution < 1.29 is 14.7 Å². The standard InChI is InChI=1S/C22H21Cl2NO3/c1-12(2)10-18(26)19-20(14-6-9-16(23)17(24)11-14)25(22(28)21(19)27)15-7-4-13(3)5-8-15/h4-9,11-12,20,27H,10H2,1-3H3. The van der Waals surface area contributed by atoms with Gasteiger partial charge in [0.15, 0.2) is 11.5 Å². The Morgan fingerprint density at radius 3 is 2.32 bits per heavy atom. The highest BCUT2D eigenvalue weighted by Gasteiger charge is 2.44. The summed E-state index contributed by atoms with van der Waals surface area (Å²) in [7, 11) is 0. The first kappa shape index (κ1) is 20.4. The van der Waals surface area contributed by atoms with Crippen molar-refractivity contribution in [2.45, 2.75) is 33.2 Å². The zero-order valence-corrected chi connectivity index (χ0v) is 17.4. The Bertz CT molecular complexity index is 964. The van der Waals surface area contributed by atoms with Gasteiger partial charge in [0.25, 0.3) is 5.91 Å². The first-order chi connectivity index (χ1) is 13.2. The summed E-state index contributed by atoms with van der Waals surface area (Å²) in [5.74, 6) is -1.29. The molecule has 146 valence electrons. The molecule has 3 rings (SSSR count). The third-order valence-electron chi connectivity index (χ3n) is 4.67. The van der Waals surface area contributed by atoms with Gasteiger partial charge in [0, 0.05) is 12.1 Å². The molecule has 1 aliphatic rings. The van der Waals surface area contributed by atoms with Crippen molar-refractivity contribution >= 4 is 40.6 Å². The Labute approximate surface area is 174 Å². The molecule has 0 spiro atoms. The Morgan fingerprint density at radius 1 is 1.11 bits per heavy atom. The van der Waals surface area contributed by atoms with Crippen LogP contribution in [0.2, 0.25) is 10.0 Å². The number of ketones is 1. The zero-order valence-electron chi connectivity index (χ0n) is 15.9. The highest BCUT2D eigenvalue weighted by Crippen LogP contribution is 2.42. The highest BCUT2D eigenvalue weighted by molar-refractivity contribution is 6.42. The summed E-state index contributed by atoms with van der Waals surface area (Å²) in [6, 6.07) is 11.5. The van der Waals surface area contributed by atoms with Crippen LogP contribution in [-0.2, 0) is 9.59 Å². The van der Waals surface area contributed by atoms with Gasteiger partial charge in [-0.2, -0.15) is 0 Å². The molecule has 2 aromatic rings. The largest absolute Gasteiger partial charge is 0.503 e. The van der Waals surface area contributed by atoms with E-state index >= 15 is 0 Å². The molecule has 1 aliphatic heterocycles. The smallest absolute Gasteiger partial charge is 0.294 e. The number of aryl methyl sites for hydroxylation is 1. The maximum atomic E-state index is 12.9. The van der Waals surface area contributed by atoms with Crippen LogP contribution in [0.1, 0.15) is 37.4 Å². The van der Waals surface area contributed by atoms with Crippen molar-refractivity contribution in [1.29, 1.82) is 0 Å². The summed E-state index contributed by atoms with van der Waals surface area (Å²) in [5.41, 5.74) is 2.33. The Balaban J connectivity index is 2.16. The number of hydrogen-bond acceptors (Lipinski definition) is 3. The van der Waals surface area contributed by atoms with Gasteiger partial charge >= 0.3 is 0 Å². The molecule has 1 atom stereocenters. The second kappa shape index (κ2) is 7.98. The SMILES string of the molecule is Cc1ccc(N2C(=O)C(O)=C(C(=O)CC(C)C)C2c2ccc(Cl)c(Cl)c2)cc1. The lowest BCUT2D eigenvalue weighted by Crippen LogP contribution is -2.31. The van der Waals surface area contributed by atoms with Gasteiger partial charge in [-0.25, -0.2) is 0 Å². The van der Waals surface area contributed by atoms with Crippen LogP contribution in [0.3, 0.4) is 0 Å². The number of aliphatic hydroxyl groups excluding tert-OH is 1. The van der Waals surface area contributed by atoms with Gasteiger partial charge in [-0.05, 0) is 42.7 Å². The average molecular weight is 418 g/mol. The van der Waals surface area contributed by atoms with E-state index in [9.17, 15) is 14.7 Å². The molecule has 1 unspecified atom stereocenters. The first-order valence-electron chi connectivity index (χ1n) is 9.02. The molecule has 0 saturated carbocycles. The molecule has 0 radical (unpaired) electrons. The minimum atomic E-state index is -0.767. The maximum Gasteiger partial charge on any atom is 0.294 e. The Kier molecular flexibility index (Phi) is 5.82. The zero-order chi connectivity index (χ0) is 20.6. The summed E-state index contributed by atoms with van der Waals surface area (Å²) in [6.07, 6.45) is 0.228. The second-order valence-corrected chi connectivity index (χ2v) is 8.18. The molecule has 0 aromatic heterocycles. The second-order valence-electron chi connectivity index (χ2n) is 7.37. The van der Waals surface area contributed by atoms with E-state index in [1.54, 1.807) is 30.3 Å². The molecule has 28 heavy (non-hydrogen) atoms. The number of hydrogen-bond donors (Lipinski definition) is 1. The molecule has 6 heteroatoms. The van der Waals surface area contributed by atoms with Gasteiger partial charge in [0.2, 0.25) is 0 Å². The number of amides is 1. The molecule has 0 saturated heterocycles. The number of carbonyl (C=O) groups is 2. The predicted molar refractivity (Wildman–Crippen MR) is 112 cm³/mol. The van der Waals surface area contributed by atoms with Gasteiger partial charge in [-0.1, -0.05) is 60.8 Å². The summed E-state index contributed by atoms with van der Waals surface area (Å²) in [4.78, 5) is 27.3. The van der Waals surface area contributed by atoms with Gasteiger partial charge < -0.3 is 5.11 Å². The summed E-state index contributed by atoms with van der Waals surface area (Å²) >= 11 is 12.2. The first-order valence-corrected chi connectivity index (χ1v) is 9.77. The fraction of sp³-hybridized carbons (Fsp3) is 0.273. The number of nitrogens with zero attached hydrogens (tertiary/aromatic N) is 1. The third-order valence-corrected chi connectivity index (χ3v) is 5.41. The topological polar surface area (TPSA) is 57.6 Å². The molecule has 1 amide bonds. The lowest BCUT2D eigenvalue weighted by atomic mass is 9.92. The van der Waals surface area contributed by atoms with Crippen LogP contribution in [-0.4, -0.2) is 16.8 Å². The number of anilines is 1. The van der Waals surface area contributed by atoms with E-state index in [-0.39, 0.29) is 23.7 Å². The van der Waals surface area contributed by atoms with E-state index in [4.69, 9.17) is 23.2 Å². The van der Waals surface area contributed by atoms with E-state index in [2.05, 4.69) is 0 Å². The molecular formula is C22H21Cl2NO3. The molecule has 1 heterocycles. The van der Waals surface area contributed by atoms with Crippen molar-refractivity contribution in [3.05, 3.63) is 75.0 Å². The van der Waals surface area contributed by atoms with E-state index in [0.29, 0.717) is 21.3 Å². The van der Waals surface area contributed by atoms with Crippen LogP contribution in [0.25, 0.3) is 0 Å². The van der Waals surface area contributed by atoms with E-state index in [0.717, 1.165) is 5.56 Å². The van der Waals surface area contributed by atoms with Gasteiger partial charge in [-0.3, -0.25) is 14.5 Å². The van der Waals surface area contributed by atoms with E-state index in [1.165, 1.54) is 4.90 Å². The fourth-order valence-corrected chi connectivity index (χ4v) is 3.65. The molecule has 4 nitrogen and oxygen atoms in total. The summed E-state index contributed by atoms with van der Waals surface area (Å²) in [6.45, 7) is 5.77. The van der Waals surface area contributed by atoms with Crippen LogP contribution in [0.4, 0.5) is 5.69 Å². The predicted octanol–water partition coefficient (Wildman–Crippen LogP) is 5.82. The van der Waals surface area contributed by atoms with Crippen molar-refractivity contribution in [3.63, 3.8) is 0 Å². The van der Waals surface area contributed by atoms with E-state index < -0.39 is 17.7 Å². The molecular weight excluding hydrogens is 397 g/mol. The quantitative estimate of drug-likeness (QED) is 0.666. The van der Waals surface area contributed by atoms with Crippen molar-refractivity contribution in [3.8, 4) is 0 Å². The van der Waals surface area contributed by atoms with Crippen molar-refractivity contribution in [2.24, 2.45) is 5.92 Å². The van der Waals surface area contributed by atoms with Crippen LogP contribution in [0, 0.1) is 12.8 Å². The number of benzene rings is 2. The average Bonchev–Trinajstić information content (AvgIpc) is 2.89. The molecule has 0 bridgehead atoms. The number of halogens is 2. The fourth-order valence-electron chi connectivity index (χ4n) is 3.34. The van der Waals surface area contributed by atoms with E-state index in [1.807, 2.05) is 32.9 Å². The maximum absolute atomic E-state index is 12.9. The third kappa shape index (κ3) is 3.80. The number of aliphatic hydroxyl groups is 1. The highest BCUT2D eigenvalue weighted by atomic mass is 35.5. The van der Waals surface area contributed by atoms with Gasteiger partial charge in [0.05, 0.1) is 21.7 Å². The Morgan fingerprint density at radius 2 is 1.75 bits per heavy atom. The normalized spacial score (nSPS) is 17.0. The number of rotatable bonds is 5. The van der Waals surface area contributed by atoms with Crippen LogP contribution < -0.4 is 4.90 Å². The molecule has 0 fully saturated rings.